The van der Waals surface area contributed by atoms with Crippen molar-refractivity contribution in [3.8, 4) is 0 Å². The number of benzene rings is 1. The highest BCUT2D eigenvalue weighted by atomic mass is 32.1. The Morgan fingerprint density at radius 2 is 2.07 bits per heavy atom. The first-order chi connectivity index (χ1) is 14.2. The van der Waals surface area contributed by atoms with Gasteiger partial charge in [-0.05, 0) is 49.8 Å². The van der Waals surface area contributed by atoms with Crippen LogP contribution < -0.4 is 10.9 Å². The van der Waals surface area contributed by atoms with Gasteiger partial charge in [0, 0.05) is 4.88 Å². The molecule has 30 heavy (non-hydrogen) atoms. The van der Waals surface area contributed by atoms with Crippen LogP contribution in [0.2, 0.25) is 0 Å². The van der Waals surface area contributed by atoms with E-state index in [4.69, 9.17) is 0 Å². The maximum absolute atomic E-state index is 13.2. The predicted octanol–water partition coefficient (Wildman–Crippen LogP) is 4.80. The fourth-order valence-electron chi connectivity index (χ4n) is 3.82. The van der Waals surface area contributed by atoms with Crippen LogP contribution in [0.3, 0.4) is 0 Å². The van der Waals surface area contributed by atoms with Gasteiger partial charge in [0.15, 0.2) is 0 Å². The standard InChI is InChI=1S/C21H20F3N3O2S/c1-11-7-8-13-16(9-11)30-19-17(13)20(29)27(10-25-19)12(2)18(28)26-15-6-4-3-5-14(15)21(22,23)24/h3-6,10-12H,7-9H2,1-2H3,(H,26,28)/t11-,12-/m0/s1. The number of hydrogen-bond acceptors (Lipinski definition) is 4. The van der Waals surface area contributed by atoms with Gasteiger partial charge < -0.3 is 5.32 Å². The molecule has 0 aliphatic heterocycles. The van der Waals surface area contributed by atoms with Crippen molar-refractivity contribution in [2.75, 3.05) is 5.32 Å². The molecule has 5 nitrogen and oxygen atoms in total. The lowest BCUT2D eigenvalue weighted by atomic mass is 9.89. The SMILES string of the molecule is C[C@H]1CCc2c(sc3ncn([C@@H](C)C(=O)Nc4ccccc4C(F)(F)F)c(=O)c23)C1. The Morgan fingerprint density at radius 1 is 1.33 bits per heavy atom. The molecule has 1 amide bonds. The van der Waals surface area contributed by atoms with E-state index in [2.05, 4.69) is 17.2 Å². The number of amides is 1. The number of aryl methyl sites for hydroxylation is 1. The van der Waals surface area contributed by atoms with Crippen LogP contribution in [0, 0.1) is 5.92 Å². The number of halogens is 3. The first kappa shape index (κ1) is 20.6. The Kier molecular flexibility index (Phi) is 5.17. The summed E-state index contributed by atoms with van der Waals surface area (Å²) in [6.45, 7) is 3.64. The minimum atomic E-state index is -4.60. The Hall–Kier alpha value is -2.68. The van der Waals surface area contributed by atoms with E-state index >= 15 is 0 Å². The van der Waals surface area contributed by atoms with E-state index in [0.717, 1.165) is 35.8 Å². The molecule has 4 rings (SSSR count). The third-order valence-electron chi connectivity index (χ3n) is 5.53. The largest absolute Gasteiger partial charge is 0.418 e. The van der Waals surface area contributed by atoms with Crippen LogP contribution in [0.1, 0.15) is 42.3 Å². The van der Waals surface area contributed by atoms with Crippen molar-refractivity contribution in [1.82, 2.24) is 9.55 Å². The molecular formula is C21H20F3N3O2S. The van der Waals surface area contributed by atoms with E-state index in [1.165, 1.54) is 47.4 Å². The smallest absolute Gasteiger partial charge is 0.324 e. The number of carbonyl (C=O) groups is 1. The molecule has 3 aromatic rings. The van der Waals surface area contributed by atoms with Crippen LogP contribution in [0.5, 0.6) is 0 Å². The lowest BCUT2D eigenvalue weighted by Crippen LogP contribution is -2.32. The molecule has 2 heterocycles. The Balaban J connectivity index is 1.67. The van der Waals surface area contributed by atoms with Crippen LogP contribution in [0.4, 0.5) is 18.9 Å². The maximum Gasteiger partial charge on any atom is 0.418 e. The van der Waals surface area contributed by atoms with Gasteiger partial charge in [0.2, 0.25) is 5.91 Å². The Morgan fingerprint density at radius 3 is 2.80 bits per heavy atom. The number of hydrogen-bond donors (Lipinski definition) is 1. The number of rotatable bonds is 3. The van der Waals surface area contributed by atoms with E-state index < -0.39 is 23.7 Å². The molecule has 1 aromatic carbocycles. The van der Waals surface area contributed by atoms with Crippen molar-refractivity contribution in [2.45, 2.75) is 45.3 Å². The fraction of sp³-hybridized carbons (Fsp3) is 0.381. The lowest BCUT2D eigenvalue weighted by molar-refractivity contribution is -0.137. The monoisotopic (exact) mass is 435 g/mol. The topological polar surface area (TPSA) is 64.0 Å². The number of alkyl halides is 3. The summed E-state index contributed by atoms with van der Waals surface area (Å²) in [5.74, 6) is -0.168. The molecule has 0 saturated carbocycles. The van der Waals surface area contributed by atoms with Gasteiger partial charge in [-0.1, -0.05) is 19.1 Å². The Bertz CT molecular complexity index is 1180. The number of para-hydroxylation sites is 1. The number of nitrogens with zero attached hydrogens (tertiary/aromatic N) is 2. The summed E-state index contributed by atoms with van der Waals surface area (Å²) >= 11 is 1.50. The summed E-state index contributed by atoms with van der Waals surface area (Å²) in [6.07, 6.45) is -0.623. The Labute approximate surface area is 174 Å². The predicted molar refractivity (Wildman–Crippen MR) is 110 cm³/mol. The molecule has 158 valence electrons. The number of carbonyl (C=O) groups excluding carboxylic acids is 1. The zero-order chi connectivity index (χ0) is 21.6. The zero-order valence-electron chi connectivity index (χ0n) is 16.4. The third kappa shape index (κ3) is 3.62. The summed E-state index contributed by atoms with van der Waals surface area (Å²) in [5, 5.41) is 2.84. The van der Waals surface area contributed by atoms with Gasteiger partial charge in [-0.15, -0.1) is 11.3 Å². The van der Waals surface area contributed by atoms with Crippen molar-refractivity contribution in [3.63, 3.8) is 0 Å². The molecule has 0 bridgehead atoms. The normalized spacial score (nSPS) is 17.6. The van der Waals surface area contributed by atoms with Crippen LogP contribution in [-0.2, 0) is 23.8 Å². The van der Waals surface area contributed by atoms with Crippen molar-refractivity contribution >= 4 is 33.1 Å². The summed E-state index contributed by atoms with van der Waals surface area (Å²) in [7, 11) is 0. The molecule has 0 fully saturated rings. The fourth-order valence-corrected chi connectivity index (χ4v) is 5.16. The van der Waals surface area contributed by atoms with Gasteiger partial charge in [-0.3, -0.25) is 14.2 Å². The molecule has 0 radical (unpaired) electrons. The molecular weight excluding hydrogens is 415 g/mol. The summed E-state index contributed by atoms with van der Waals surface area (Å²) in [6, 6.07) is 3.74. The molecule has 1 N–H and O–H groups in total. The highest BCUT2D eigenvalue weighted by Crippen LogP contribution is 2.36. The average Bonchev–Trinajstić information content (AvgIpc) is 3.05. The second-order valence-electron chi connectivity index (χ2n) is 7.70. The quantitative estimate of drug-likeness (QED) is 0.643. The van der Waals surface area contributed by atoms with Gasteiger partial charge in [0.1, 0.15) is 10.9 Å². The van der Waals surface area contributed by atoms with Gasteiger partial charge in [0.05, 0.1) is 23.0 Å². The number of anilines is 1. The summed E-state index contributed by atoms with van der Waals surface area (Å²) in [4.78, 5) is 32.0. The van der Waals surface area contributed by atoms with Crippen molar-refractivity contribution in [3.05, 3.63) is 57.0 Å². The molecule has 1 aliphatic rings. The number of fused-ring (bicyclic) bond motifs is 3. The molecule has 2 atom stereocenters. The van der Waals surface area contributed by atoms with E-state index in [1.54, 1.807) is 0 Å². The van der Waals surface area contributed by atoms with Gasteiger partial charge in [-0.2, -0.15) is 13.2 Å². The summed E-state index contributed by atoms with van der Waals surface area (Å²) < 4.78 is 40.8. The molecule has 0 saturated heterocycles. The molecule has 2 aromatic heterocycles. The molecule has 1 aliphatic carbocycles. The molecule has 9 heteroatoms. The molecule has 0 unspecified atom stereocenters. The van der Waals surface area contributed by atoms with Crippen molar-refractivity contribution in [1.29, 1.82) is 0 Å². The van der Waals surface area contributed by atoms with Gasteiger partial charge in [0.25, 0.3) is 5.56 Å². The van der Waals surface area contributed by atoms with Crippen LogP contribution in [0.15, 0.2) is 35.4 Å². The first-order valence-electron chi connectivity index (χ1n) is 9.65. The van der Waals surface area contributed by atoms with Crippen molar-refractivity contribution < 1.29 is 18.0 Å². The van der Waals surface area contributed by atoms with Gasteiger partial charge in [-0.25, -0.2) is 4.98 Å². The minimum absolute atomic E-state index is 0.334. The second kappa shape index (κ2) is 7.54. The van der Waals surface area contributed by atoms with Crippen LogP contribution >= 0.6 is 11.3 Å². The average molecular weight is 435 g/mol. The van der Waals surface area contributed by atoms with Crippen LogP contribution in [0.25, 0.3) is 10.2 Å². The van der Waals surface area contributed by atoms with E-state index in [9.17, 15) is 22.8 Å². The second-order valence-corrected chi connectivity index (χ2v) is 8.78. The third-order valence-corrected chi connectivity index (χ3v) is 6.69. The van der Waals surface area contributed by atoms with E-state index in [1.807, 2.05) is 0 Å². The van der Waals surface area contributed by atoms with Gasteiger partial charge >= 0.3 is 6.18 Å². The van der Waals surface area contributed by atoms with Crippen molar-refractivity contribution in [2.24, 2.45) is 5.92 Å². The maximum atomic E-state index is 13.2. The van der Waals surface area contributed by atoms with Crippen LogP contribution in [-0.4, -0.2) is 15.5 Å². The summed E-state index contributed by atoms with van der Waals surface area (Å²) in [5.41, 5.74) is -0.618. The first-order valence-corrected chi connectivity index (χ1v) is 10.5. The number of thiophene rings is 1. The lowest BCUT2D eigenvalue weighted by Gasteiger charge is -2.19. The molecule has 0 spiro atoms. The zero-order valence-corrected chi connectivity index (χ0v) is 17.2. The number of nitrogens with one attached hydrogen (secondary N) is 1. The van der Waals surface area contributed by atoms with E-state index in [-0.39, 0.29) is 11.2 Å². The minimum Gasteiger partial charge on any atom is -0.324 e. The number of aromatic nitrogens is 2. The van der Waals surface area contributed by atoms with E-state index in [0.29, 0.717) is 16.1 Å². The highest BCUT2D eigenvalue weighted by Gasteiger charge is 2.34. The highest BCUT2D eigenvalue weighted by molar-refractivity contribution is 7.18.